The van der Waals surface area contributed by atoms with E-state index in [1.54, 1.807) is 16.8 Å². The monoisotopic (exact) mass is 408 g/mol. The summed E-state index contributed by atoms with van der Waals surface area (Å²) in [7, 11) is 0. The van der Waals surface area contributed by atoms with Crippen molar-refractivity contribution in [2.24, 2.45) is 0 Å². The van der Waals surface area contributed by atoms with Crippen LogP contribution >= 0.6 is 0 Å². The molecule has 2 aromatic carbocycles. The van der Waals surface area contributed by atoms with Crippen molar-refractivity contribution in [1.82, 2.24) is 29.5 Å². The molecule has 0 bridgehead atoms. The molecule has 31 heavy (non-hydrogen) atoms. The number of hydrogen-bond donors (Lipinski definition) is 2. The van der Waals surface area contributed by atoms with Crippen molar-refractivity contribution in [2.45, 2.75) is 13.0 Å². The third kappa shape index (κ3) is 4.04. The molecule has 0 saturated carbocycles. The summed E-state index contributed by atoms with van der Waals surface area (Å²) < 4.78 is 1.65. The number of rotatable bonds is 6. The molecule has 8 heteroatoms. The summed E-state index contributed by atoms with van der Waals surface area (Å²) >= 11 is 0. The van der Waals surface area contributed by atoms with Gasteiger partial charge in [0.05, 0.1) is 11.7 Å². The van der Waals surface area contributed by atoms with Gasteiger partial charge in [0.25, 0.3) is 0 Å². The van der Waals surface area contributed by atoms with Gasteiger partial charge in [-0.15, -0.1) is 0 Å². The summed E-state index contributed by atoms with van der Waals surface area (Å²) in [6.45, 7) is 2.07. The first-order chi connectivity index (χ1) is 15.3. The molecule has 5 rings (SSSR count). The molecule has 3 aromatic heterocycles. The number of aromatic nitrogens is 6. The molecule has 1 atom stereocenters. The van der Waals surface area contributed by atoms with Crippen LogP contribution in [0.3, 0.4) is 0 Å². The van der Waals surface area contributed by atoms with Crippen molar-refractivity contribution >= 4 is 23.4 Å². The van der Waals surface area contributed by atoms with Gasteiger partial charge in [0.15, 0.2) is 5.65 Å². The largest absolute Gasteiger partial charge is 0.348 e. The lowest BCUT2D eigenvalue weighted by molar-refractivity contribution is 0.860. The zero-order valence-corrected chi connectivity index (χ0v) is 16.8. The summed E-state index contributed by atoms with van der Waals surface area (Å²) in [5, 5.41) is 10.9. The molecule has 0 saturated heterocycles. The molecule has 2 N–H and O–H groups in total. The third-order valence-corrected chi connectivity index (χ3v) is 4.88. The molecule has 0 aliphatic carbocycles. The van der Waals surface area contributed by atoms with Gasteiger partial charge in [-0.25, -0.2) is 15.0 Å². The molecule has 5 aromatic rings. The maximum Gasteiger partial charge on any atom is 0.232 e. The van der Waals surface area contributed by atoms with Gasteiger partial charge < -0.3 is 10.6 Å². The highest BCUT2D eigenvalue weighted by molar-refractivity contribution is 5.66. The Kier molecular flexibility index (Phi) is 4.94. The highest BCUT2D eigenvalue weighted by Gasteiger charge is 2.12. The quantitative estimate of drug-likeness (QED) is 0.427. The lowest BCUT2D eigenvalue weighted by Crippen LogP contribution is -2.11. The van der Waals surface area contributed by atoms with Crippen molar-refractivity contribution in [3.05, 3.63) is 90.9 Å². The van der Waals surface area contributed by atoms with E-state index in [0.717, 1.165) is 16.8 Å². The van der Waals surface area contributed by atoms with Crippen molar-refractivity contribution in [2.75, 3.05) is 10.6 Å². The van der Waals surface area contributed by atoms with Gasteiger partial charge in [-0.05, 0) is 18.6 Å². The molecule has 1 unspecified atom stereocenters. The molecule has 0 aliphatic heterocycles. The highest BCUT2D eigenvalue weighted by Crippen LogP contribution is 2.23. The Hall–Kier alpha value is -4.33. The molecule has 3 heterocycles. The van der Waals surface area contributed by atoms with E-state index in [0.29, 0.717) is 23.4 Å². The Morgan fingerprint density at radius 3 is 2.45 bits per heavy atom. The van der Waals surface area contributed by atoms with Gasteiger partial charge in [-0.3, -0.25) is 0 Å². The summed E-state index contributed by atoms with van der Waals surface area (Å²) in [5.74, 6) is 1.65. The second-order valence-corrected chi connectivity index (χ2v) is 7.03. The number of anilines is 3. The van der Waals surface area contributed by atoms with Gasteiger partial charge in [0, 0.05) is 17.8 Å². The molecule has 0 fully saturated rings. The molecule has 8 nitrogen and oxygen atoms in total. The van der Waals surface area contributed by atoms with Crippen LogP contribution in [0.15, 0.2) is 85.3 Å². The minimum atomic E-state index is 0.0676. The highest BCUT2D eigenvalue weighted by atomic mass is 15.4. The first-order valence-electron chi connectivity index (χ1n) is 9.94. The van der Waals surface area contributed by atoms with Crippen LogP contribution in [0.2, 0.25) is 0 Å². The van der Waals surface area contributed by atoms with Crippen LogP contribution in [0.25, 0.3) is 16.9 Å². The molecule has 0 amide bonds. The van der Waals surface area contributed by atoms with Crippen LogP contribution < -0.4 is 10.6 Å². The van der Waals surface area contributed by atoms with Crippen LogP contribution in [0, 0.1) is 0 Å². The fraction of sp³-hybridized carbons (Fsp3) is 0.0870. The maximum absolute atomic E-state index is 4.75. The average Bonchev–Trinajstić information content (AvgIpc) is 3.30. The minimum Gasteiger partial charge on any atom is -0.348 e. The van der Waals surface area contributed by atoms with E-state index in [4.69, 9.17) is 4.98 Å². The second-order valence-electron chi connectivity index (χ2n) is 7.03. The summed E-state index contributed by atoms with van der Waals surface area (Å²) in [5.41, 5.74) is 3.65. The van der Waals surface area contributed by atoms with E-state index < -0.39 is 0 Å². The van der Waals surface area contributed by atoms with Gasteiger partial charge >= 0.3 is 0 Å². The fourth-order valence-corrected chi connectivity index (χ4v) is 3.30. The molecular weight excluding hydrogens is 388 g/mol. The van der Waals surface area contributed by atoms with Gasteiger partial charge in [0.2, 0.25) is 11.9 Å². The summed E-state index contributed by atoms with van der Waals surface area (Å²) in [6.07, 6.45) is 3.21. The second kappa shape index (κ2) is 8.19. The first kappa shape index (κ1) is 18.7. The van der Waals surface area contributed by atoms with Crippen LogP contribution in [-0.2, 0) is 0 Å². The standard InChI is InChI=1S/C23H20N8/c1-16(17-8-4-2-5-9-17)27-22-24-13-12-20(29-22)30-23-28-19(18-10-6-3-7-11-18)14-21-25-15-26-31(21)23/h2-16H,1H3,(H2,24,27,28,29,30). The zero-order chi connectivity index (χ0) is 21.0. The van der Waals surface area contributed by atoms with Crippen molar-refractivity contribution in [3.63, 3.8) is 0 Å². The SMILES string of the molecule is CC(Nc1nccc(Nc2nc(-c3ccccc3)cc3ncnn23)n1)c1ccccc1. The number of fused-ring (bicyclic) bond motifs is 1. The van der Waals surface area contributed by atoms with Crippen LogP contribution in [-0.4, -0.2) is 29.5 Å². The topological polar surface area (TPSA) is 92.9 Å². The Balaban J connectivity index is 1.44. The summed E-state index contributed by atoms with van der Waals surface area (Å²) in [4.78, 5) is 18.0. The Morgan fingerprint density at radius 1 is 0.871 bits per heavy atom. The van der Waals surface area contributed by atoms with Crippen LogP contribution in [0.1, 0.15) is 18.5 Å². The number of nitrogens with one attached hydrogen (secondary N) is 2. The maximum atomic E-state index is 4.75. The molecular formula is C23H20N8. The Labute approximate surface area is 179 Å². The van der Waals surface area contributed by atoms with E-state index in [1.165, 1.54) is 6.33 Å². The Bertz CT molecular complexity index is 1300. The lowest BCUT2D eigenvalue weighted by Gasteiger charge is -2.15. The zero-order valence-electron chi connectivity index (χ0n) is 16.8. The van der Waals surface area contributed by atoms with Crippen LogP contribution in [0.4, 0.5) is 17.7 Å². The van der Waals surface area contributed by atoms with Crippen molar-refractivity contribution < 1.29 is 0 Å². The fourth-order valence-electron chi connectivity index (χ4n) is 3.30. The number of nitrogens with zero attached hydrogens (tertiary/aromatic N) is 6. The predicted octanol–water partition coefficient (Wildman–Crippen LogP) is 4.50. The van der Waals surface area contributed by atoms with Crippen molar-refractivity contribution in [1.29, 1.82) is 0 Å². The van der Waals surface area contributed by atoms with Crippen LogP contribution in [0.5, 0.6) is 0 Å². The van der Waals surface area contributed by atoms with E-state index >= 15 is 0 Å². The van der Waals surface area contributed by atoms with E-state index in [-0.39, 0.29) is 6.04 Å². The number of hydrogen-bond acceptors (Lipinski definition) is 7. The smallest absolute Gasteiger partial charge is 0.232 e. The molecule has 0 radical (unpaired) electrons. The molecule has 0 aliphatic rings. The van der Waals surface area contributed by atoms with E-state index in [1.807, 2.05) is 54.6 Å². The van der Waals surface area contributed by atoms with Gasteiger partial charge in [-0.1, -0.05) is 60.7 Å². The Morgan fingerprint density at radius 2 is 1.65 bits per heavy atom. The lowest BCUT2D eigenvalue weighted by atomic mass is 10.1. The third-order valence-electron chi connectivity index (χ3n) is 4.88. The van der Waals surface area contributed by atoms with Gasteiger partial charge in [-0.2, -0.15) is 14.6 Å². The van der Waals surface area contributed by atoms with Crippen molar-refractivity contribution in [3.8, 4) is 11.3 Å². The van der Waals surface area contributed by atoms with E-state index in [9.17, 15) is 0 Å². The van der Waals surface area contributed by atoms with E-state index in [2.05, 4.69) is 49.7 Å². The summed E-state index contributed by atoms with van der Waals surface area (Å²) in [6, 6.07) is 23.9. The predicted molar refractivity (Wildman–Crippen MR) is 120 cm³/mol. The normalized spacial score (nSPS) is 11.9. The molecule has 0 spiro atoms. The number of benzene rings is 2. The molecule has 152 valence electrons. The average molecular weight is 408 g/mol. The first-order valence-corrected chi connectivity index (χ1v) is 9.94. The van der Waals surface area contributed by atoms with Gasteiger partial charge in [0.1, 0.15) is 12.1 Å². The minimum absolute atomic E-state index is 0.0676.